The van der Waals surface area contributed by atoms with Gasteiger partial charge in [0.1, 0.15) is 5.82 Å². The van der Waals surface area contributed by atoms with Crippen LogP contribution in [-0.2, 0) is 6.54 Å². The lowest BCUT2D eigenvalue weighted by Gasteiger charge is -2.23. The van der Waals surface area contributed by atoms with Crippen LogP contribution in [0, 0.1) is 0 Å². The molecule has 1 N–H and O–H groups in total. The molecule has 0 radical (unpaired) electrons. The van der Waals surface area contributed by atoms with Gasteiger partial charge >= 0.3 is 0 Å². The normalized spacial score (nSPS) is 15.1. The van der Waals surface area contributed by atoms with Crippen molar-refractivity contribution < 1.29 is 0 Å². The fourth-order valence-corrected chi connectivity index (χ4v) is 3.44. The Morgan fingerprint density at radius 2 is 1.52 bits per heavy atom. The van der Waals surface area contributed by atoms with E-state index in [1.165, 1.54) is 31.2 Å². The smallest absolute Gasteiger partial charge is 0.225 e. The predicted octanol–water partition coefficient (Wildman–Crippen LogP) is 4.62. The van der Waals surface area contributed by atoms with Gasteiger partial charge in [0, 0.05) is 25.0 Å². The molecule has 2 heterocycles. The molecule has 0 unspecified atom stereocenters. The highest BCUT2D eigenvalue weighted by Gasteiger charge is 2.16. The quantitative estimate of drug-likeness (QED) is 0.757. The van der Waals surface area contributed by atoms with Gasteiger partial charge in [-0.25, -0.2) is 4.98 Å². The van der Waals surface area contributed by atoms with E-state index in [1.54, 1.807) is 0 Å². The van der Waals surface area contributed by atoms with Gasteiger partial charge in [0.15, 0.2) is 0 Å². The van der Waals surface area contributed by atoms with Crippen LogP contribution >= 0.6 is 0 Å². The SMILES string of the molecule is c1ccc(CNc2nc(N3CCCCCC3)c3ccccc3n2)cc1. The van der Waals surface area contributed by atoms with Crippen LogP contribution in [0.1, 0.15) is 31.2 Å². The van der Waals surface area contributed by atoms with Crippen LogP contribution < -0.4 is 10.2 Å². The summed E-state index contributed by atoms with van der Waals surface area (Å²) in [6.07, 6.45) is 5.12. The number of aromatic nitrogens is 2. The van der Waals surface area contributed by atoms with Gasteiger partial charge in [-0.2, -0.15) is 4.98 Å². The Morgan fingerprint density at radius 1 is 0.800 bits per heavy atom. The van der Waals surface area contributed by atoms with Crippen LogP contribution in [0.5, 0.6) is 0 Å². The molecule has 0 saturated carbocycles. The lowest BCUT2D eigenvalue weighted by atomic mass is 10.2. The Kier molecular flexibility index (Phi) is 4.77. The van der Waals surface area contributed by atoms with E-state index < -0.39 is 0 Å². The average molecular weight is 332 g/mol. The van der Waals surface area contributed by atoms with Gasteiger partial charge in [0.2, 0.25) is 5.95 Å². The summed E-state index contributed by atoms with van der Waals surface area (Å²) in [4.78, 5) is 12.0. The second kappa shape index (κ2) is 7.51. The molecule has 128 valence electrons. The van der Waals surface area contributed by atoms with E-state index in [2.05, 4.69) is 52.7 Å². The van der Waals surface area contributed by atoms with Crippen molar-refractivity contribution in [2.75, 3.05) is 23.3 Å². The van der Waals surface area contributed by atoms with E-state index in [-0.39, 0.29) is 0 Å². The number of nitrogens with zero attached hydrogens (tertiary/aromatic N) is 3. The lowest BCUT2D eigenvalue weighted by molar-refractivity contribution is 0.726. The molecule has 1 fully saturated rings. The first kappa shape index (κ1) is 15.9. The van der Waals surface area contributed by atoms with Crippen LogP contribution in [0.3, 0.4) is 0 Å². The highest BCUT2D eigenvalue weighted by molar-refractivity contribution is 5.90. The molecule has 0 spiro atoms. The number of anilines is 2. The van der Waals surface area contributed by atoms with E-state index in [0.717, 1.165) is 36.4 Å². The van der Waals surface area contributed by atoms with Crippen molar-refractivity contribution in [3.8, 4) is 0 Å². The van der Waals surface area contributed by atoms with Crippen molar-refractivity contribution in [3.63, 3.8) is 0 Å². The molecule has 2 aromatic carbocycles. The molecular weight excluding hydrogens is 308 g/mol. The van der Waals surface area contributed by atoms with Crippen LogP contribution in [0.2, 0.25) is 0 Å². The molecule has 0 atom stereocenters. The zero-order valence-electron chi connectivity index (χ0n) is 14.5. The first-order valence-electron chi connectivity index (χ1n) is 9.20. The summed E-state index contributed by atoms with van der Waals surface area (Å²) < 4.78 is 0. The Bertz CT molecular complexity index is 824. The number of benzene rings is 2. The monoisotopic (exact) mass is 332 g/mol. The number of fused-ring (bicyclic) bond motifs is 1. The summed E-state index contributed by atoms with van der Waals surface area (Å²) in [5.41, 5.74) is 2.24. The van der Waals surface area contributed by atoms with Crippen molar-refractivity contribution in [1.29, 1.82) is 0 Å². The van der Waals surface area contributed by atoms with Crippen molar-refractivity contribution >= 4 is 22.7 Å². The van der Waals surface area contributed by atoms with Crippen molar-refractivity contribution in [3.05, 3.63) is 60.2 Å². The number of para-hydroxylation sites is 1. The van der Waals surface area contributed by atoms with E-state index in [1.807, 2.05) is 12.1 Å². The maximum absolute atomic E-state index is 4.89. The van der Waals surface area contributed by atoms with Crippen LogP contribution in [-0.4, -0.2) is 23.1 Å². The fraction of sp³-hybridized carbons (Fsp3) is 0.333. The van der Waals surface area contributed by atoms with Gasteiger partial charge in [-0.1, -0.05) is 55.3 Å². The number of rotatable bonds is 4. The Hall–Kier alpha value is -2.62. The highest BCUT2D eigenvalue weighted by atomic mass is 15.2. The molecule has 0 aliphatic carbocycles. The van der Waals surface area contributed by atoms with Gasteiger partial charge in [-0.05, 0) is 30.5 Å². The molecule has 3 aromatic rings. The predicted molar refractivity (Wildman–Crippen MR) is 104 cm³/mol. The van der Waals surface area contributed by atoms with Gasteiger partial charge in [-0.15, -0.1) is 0 Å². The Balaban J connectivity index is 1.65. The van der Waals surface area contributed by atoms with Crippen LogP contribution in [0.15, 0.2) is 54.6 Å². The molecule has 0 bridgehead atoms. The third-order valence-electron chi connectivity index (χ3n) is 4.78. The first-order valence-corrected chi connectivity index (χ1v) is 9.20. The Morgan fingerprint density at radius 3 is 2.32 bits per heavy atom. The molecule has 4 nitrogen and oxygen atoms in total. The standard InChI is InChI=1S/C21H24N4/c1-2-9-15-25(14-8-1)20-18-12-6-7-13-19(18)23-21(24-20)22-16-17-10-4-3-5-11-17/h3-7,10-13H,1-2,8-9,14-16H2,(H,22,23,24). The van der Waals surface area contributed by atoms with Crippen molar-refractivity contribution in [2.24, 2.45) is 0 Å². The summed E-state index contributed by atoms with van der Waals surface area (Å²) in [5, 5.41) is 4.55. The topological polar surface area (TPSA) is 41.1 Å². The Labute approximate surface area is 148 Å². The van der Waals surface area contributed by atoms with Crippen molar-refractivity contribution in [2.45, 2.75) is 32.2 Å². The van der Waals surface area contributed by atoms with Gasteiger partial charge in [0.05, 0.1) is 5.52 Å². The minimum atomic E-state index is 0.710. The van der Waals surface area contributed by atoms with E-state index in [4.69, 9.17) is 9.97 Å². The molecule has 4 heteroatoms. The molecule has 25 heavy (non-hydrogen) atoms. The van der Waals surface area contributed by atoms with Crippen LogP contribution in [0.25, 0.3) is 10.9 Å². The van der Waals surface area contributed by atoms with Crippen LogP contribution in [0.4, 0.5) is 11.8 Å². The molecule has 1 aromatic heterocycles. The minimum Gasteiger partial charge on any atom is -0.356 e. The molecule has 1 saturated heterocycles. The fourth-order valence-electron chi connectivity index (χ4n) is 3.44. The zero-order valence-corrected chi connectivity index (χ0v) is 14.5. The largest absolute Gasteiger partial charge is 0.356 e. The summed E-state index contributed by atoms with van der Waals surface area (Å²) in [6.45, 7) is 2.90. The third-order valence-corrected chi connectivity index (χ3v) is 4.78. The average Bonchev–Trinajstić information content (AvgIpc) is 2.96. The molecule has 0 amide bonds. The van der Waals surface area contributed by atoms with Crippen molar-refractivity contribution in [1.82, 2.24) is 9.97 Å². The second-order valence-corrected chi connectivity index (χ2v) is 6.63. The molecular formula is C21H24N4. The van der Waals surface area contributed by atoms with E-state index in [9.17, 15) is 0 Å². The molecule has 4 rings (SSSR count). The summed E-state index contributed by atoms with van der Waals surface area (Å²) in [6, 6.07) is 18.7. The number of nitrogens with one attached hydrogen (secondary N) is 1. The zero-order chi connectivity index (χ0) is 16.9. The molecule has 1 aliphatic rings. The third kappa shape index (κ3) is 3.73. The summed E-state index contributed by atoms with van der Waals surface area (Å²) >= 11 is 0. The van der Waals surface area contributed by atoms with Gasteiger partial charge < -0.3 is 10.2 Å². The first-order chi connectivity index (χ1) is 12.4. The van der Waals surface area contributed by atoms with Gasteiger partial charge in [-0.3, -0.25) is 0 Å². The maximum Gasteiger partial charge on any atom is 0.225 e. The number of hydrogen-bond donors (Lipinski definition) is 1. The summed E-state index contributed by atoms with van der Waals surface area (Å²) in [7, 11) is 0. The number of hydrogen-bond acceptors (Lipinski definition) is 4. The molecule has 1 aliphatic heterocycles. The maximum atomic E-state index is 4.89. The lowest BCUT2D eigenvalue weighted by Crippen LogP contribution is -2.25. The minimum absolute atomic E-state index is 0.710. The highest BCUT2D eigenvalue weighted by Crippen LogP contribution is 2.27. The van der Waals surface area contributed by atoms with E-state index in [0.29, 0.717) is 5.95 Å². The van der Waals surface area contributed by atoms with Gasteiger partial charge in [0.25, 0.3) is 0 Å². The second-order valence-electron chi connectivity index (χ2n) is 6.63. The van der Waals surface area contributed by atoms with E-state index >= 15 is 0 Å². The summed E-state index contributed by atoms with van der Waals surface area (Å²) in [5.74, 6) is 1.78.